The minimum atomic E-state index is -0.266. The topological polar surface area (TPSA) is 42.3 Å². The molecule has 1 aliphatic rings. The Morgan fingerprint density at radius 3 is 2.43 bits per heavy atom. The van der Waals surface area contributed by atoms with Gasteiger partial charge >= 0.3 is 0 Å². The standard InChI is InChI=1S/C29H25FN2O2S/c1-2-21-12-8-13-24-23(19-31(27(21)24)18-22-11-6-7-14-25(22)30)17-26-28(33)32(29(34)35-26)16-15-20-9-4-3-5-10-20/h3-14,17,19H,2,15-16,18H2,1H3/b26-17-. The molecule has 0 unspecified atom stereocenters. The summed E-state index contributed by atoms with van der Waals surface area (Å²) in [4.78, 5) is 27.5. The highest BCUT2D eigenvalue weighted by Gasteiger charge is 2.34. The fourth-order valence-electron chi connectivity index (χ4n) is 4.52. The maximum absolute atomic E-state index is 14.4. The van der Waals surface area contributed by atoms with E-state index in [9.17, 15) is 14.0 Å². The van der Waals surface area contributed by atoms with Crippen molar-refractivity contribution in [1.29, 1.82) is 0 Å². The largest absolute Gasteiger partial charge is 0.342 e. The minimum Gasteiger partial charge on any atom is -0.342 e. The number of rotatable bonds is 7. The second-order valence-corrected chi connectivity index (χ2v) is 9.53. The lowest BCUT2D eigenvalue weighted by molar-refractivity contribution is -0.122. The van der Waals surface area contributed by atoms with Crippen molar-refractivity contribution in [2.24, 2.45) is 0 Å². The van der Waals surface area contributed by atoms with Crippen LogP contribution in [0, 0.1) is 5.82 Å². The van der Waals surface area contributed by atoms with Crippen LogP contribution < -0.4 is 0 Å². The molecule has 0 atom stereocenters. The Hall–Kier alpha value is -3.64. The first-order valence-electron chi connectivity index (χ1n) is 11.7. The summed E-state index contributed by atoms with van der Waals surface area (Å²) in [6.07, 6.45) is 5.20. The lowest BCUT2D eigenvalue weighted by Crippen LogP contribution is -2.30. The Balaban J connectivity index is 1.48. The SMILES string of the molecule is CCc1cccc2c(/C=C3\SC(=O)N(CCc4ccccc4)C3=O)cn(Cc3ccccc3F)c12. The number of benzene rings is 3. The number of thioether (sulfide) groups is 1. The molecule has 3 aromatic carbocycles. The molecule has 176 valence electrons. The quantitative estimate of drug-likeness (QED) is 0.275. The number of hydrogen-bond donors (Lipinski definition) is 0. The first kappa shape index (κ1) is 23.1. The van der Waals surface area contributed by atoms with E-state index in [4.69, 9.17) is 0 Å². The summed E-state index contributed by atoms with van der Waals surface area (Å²) in [5.41, 5.74) is 4.70. The van der Waals surface area contributed by atoms with Crippen molar-refractivity contribution in [2.75, 3.05) is 6.54 Å². The Kier molecular flexibility index (Phi) is 6.55. The molecule has 4 aromatic rings. The number of fused-ring (bicyclic) bond motifs is 1. The van der Waals surface area contributed by atoms with Crippen LogP contribution in [0.15, 0.2) is 83.9 Å². The van der Waals surface area contributed by atoms with Gasteiger partial charge in [-0.15, -0.1) is 0 Å². The van der Waals surface area contributed by atoms with Gasteiger partial charge in [-0.1, -0.05) is 73.7 Å². The van der Waals surface area contributed by atoms with Crippen LogP contribution in [0.25, 0.3) is 17.0 Å². The van der Waals surface area contributed by atoms with Gasteiger partial charge in [-0.05, 0) is 47.9 Å². The Labute approximate surface area is 208 Å². The summed E-state index contributed by atoms with van der Waals surface area (Å²) in [7, 11) is 0. The molecule has 1 fully saturated rings. The summed E-state index contributed by atoms with van der Waals surface area (Å²) in [5, 5.41) is 0.735. The summed E-state index contributed by atoms with van der Waals surface area (Å²) in [5.74, 6) is -0.512. The number of nitrogens with zero attached hydrogens (tertiary/aromatic N) is 2. The van der Waals surface area contributed by atoms with Crippen molar-refractivity contribution in [1.82, 2.24) is 9.47 Å². The second-order valence-electron chi connectivity index (χ2n) is 8.54. The molecule has 1 aliphatic heterocycles. The third kappa shape index (κ3) is 4.66. The van der Waals surface area contributed by atoms with Crippen LogP contribution in [0.3, 0.4) is 0 Å². The van der Waals surface area contributed by atoms with E-state index >= 15 is 0 Å². The van der Waals surface area contributed by atoms with Gasteiger partial charge in [-0.3, -0.25) is 14.5 Å². The van der Waals surface area contributed by atoms with E-state index in [1.165, 1.54) is 11.0 Å². The number of para-hydroxylation sites is 1. The van der Waals surface area contributed by atoms with Crippen molar-refractivity contribution in [2.45, 2.75) is 26.3 Å². The molecular weight excluding hydrogens is 459 g/mol. The van der Waals surface area contributed by atoms with Crippen molar-refractivity contribution in [3.05, 3.63) is 112 Å². The minimum absolute atomic E-state index is 0.246. The van der Waals surface area contributed by atoms with Crippen LogP contribution in [-0.2, 0) is 24.2 Å². The number of carbonyl (C=O) groups is 2. The Morgan fingerprint density at radius 2 is 1.66 bits per heavy atom. The monoisotopic (exact) mass is 484 g/mol. The summed E-state index contributed by atoms with van der Waals surface area (Å²) in [6.45, 7) is 2.82. The van der Waals surface area contributed by atoms with Gasteiger partial charge in [-0.2, -0.15) is 0 Å². The molecule has 2 heterocycles. The van der Waals surface area contributed by atoms with E-state index < -0.39 is 0 Å². The van der Waals surface area contributed by atoms with Crippen LogP contribution in [-0.4, -0.2) is 27.2 Å². The summed E-state index contributed by atoms with van der Waals surface area (Å²) in [6, 6.07) is 22.7. The number of imide groups is 1. The predicted molar refractivity (Wildman–Crippen MR) is 140 cm³/mol. The molecular formula is C29H25FN2O2S. The molecule has 2 amide bonds. The summed E-state index contributed by atoms with van der Waals surface area (Å²) >= 11 is 0.975. The van der Waals surface area contributed by atoms with Crippen molar-refractivity contribution in [3.8, 4) is 0 Å². The lowest BCUT2D eigenvalue weighted by atomic mass is 10.1. The van der Waals surface area contributed by atoms with E-state index in [1.807, 2.05) is 59.3 Å². The average molecular weight is 485 g/mol. The third-order valence-corrected chi connectivity index (χ3v) is 7.23. The number of aromatic nitrogens is 1. The molecule has 0 radical (unpaired) electrons. The molecule has 1 aromatic heterocycles. The fourth-order valence-corrected chi connectivity index (χ4v) is 5.38. The first-order valence-corrected chi connectivity index (χ1v) is 12.5. The Morgan fingerprint density at radius 1 is 0.914 bits per heavy atom. The van der Waals surface area contributed by atoms with Gasteiger partial charge in [0.25, 0.3) is 11.1 Å². The van der Waals surface area contributed by atoms with Crippen molar-refractivity contribution in [3.63, 3.8) is 0 Å². The smallest absolute Gasteiger partial charge is 0.293 e. The normalized spacial score (nSPS) is 15.0. The van der Waals surface area contributed by atoms with Gasteiger partial charge in [0.2, 0.25) is 0 Å². The van der Waals surface area contributed by atoms with Crippen LogP contribution in [0.2, 0.25) is 0 Å². The van der Waals surface area contributed by atoms with Crippen LogP contribution >= 0.6 is 11.8 Å². The predicted octanol–water partition coefficient (Wildman–Crippen LogP) is 6.67. The molecule has 0 aliphatic carbocycles. The van der Waals surface area contributed by atoms with Gasteiger partial charge < -0.3 is 4.57 Å². The van der Waals surface area contributed by atoms with Crippen LogP contribution in [0.4, 0.5) is 9.18 Å². The highest BCUT2D eigenvalue weighted by Crippen LogP contribution is 2.35. The van der Waals surface area contributed by atoms with Gasteiger partial charge in [-0.25, -0.2) is 4.39 Å². The molecule has 6 heteroatoms. The molecule has 5 rings (SSSR count). The van der Waals surface area contributed by atoms with E-state index in [2.05, 4.69) is 13.0 Å². The van der Waals surface area contributed by atoms with Gasteiger partial charge in [0.05, 0.1) is 17.0 Å². The van der Waals surface area contributed by atoms with Crippen LogP contribution in [0.5, 0.6) is 0 Å². The second kappa shape index (κ2) is 9.92. The van der Waals surface area contributed by atoms with E-state index in [0.29, 0.717) is 30.0 Å². The molecule has 0 spiro atoms. The molecule has 35 heavy (non-hydrogen) atoms. The highest BCUT2D eigenvalue weighted by atomic mass is 32.2. The molecule has 0 bridgehead atoms. The van der Waals surface area contributed by atoms with E-state index in [-0.39, 0.29) is 17.0 Å². The average Bonchev–Trinajstić information content (AvgIpc) is 3.36. The maximum atomic E-state index is 14.4. The van der Waals surface area contributed by atoms with E-state index in [1.54, 1.807) is 18.2 Å². The van der Waals surface area contributed by atoms with Gasteiger partial charge in [0.1, 0.15) is 5.82 Å². The third-order valence-electron chi connectivity index (χ3n) is 6.32. The number of carbonyl (C=O) groups excluding carboxylic acids is 2. The number of hydrogen-bond acceptors (Lipinski definition) is 3. The fraction of sp³-hybridized carbons (Fsp3) is 0.172. The zero-order chi connectivity index (χ0) is 24.4. The zero-order valence-corrected chi connectivity index (χ0v) is 20.2. The molecule has 4 nitrogen and oxygen atoms in total. The summed E-state index contributed by atoms with van der Waals surface area (Å²) < 4.78 is 16.4. The number of amides is 2. The lowest BCUT2D eigenvalue weighted by Gasteiger charge is -2.12. The highest BCUT2D eigenvalue weighted by molar-refractivity contribution is 8.18. The van der Waals surface area contributed by atoms with Gasteiger partial charge in [0, 0.05) is 29.3 Å². The molecule has 1 saturated heterocycles. The van der Waals surface area contributed by atoms with Crippen LogP contribution in [0.1, 0.15) is 29.2 Å². The maximum Gasteiger partial charge on any atom is 0.293 e. The zero-order valence-electron chi connectivity index (χ0n) is 19.4. The molecule has 0 N–H and O–H groups in total. The van der Waals surface area contributed by atoms with Gasteiger partial charge in [0.15, 0.2) is 0 Å². The Bertz CT molecular complexity index is 1440. The van der Waals surface area contributed by atoms with E-state index in [0.717, 1.165) is 45.8 Å². The molecule has 0 saturated carbocycles. The number of halogens is 1. The van der Waals surface area contributed by atoms with Crippen molar-refractivity contribution >= 4 is 39.9 Å². The number of aryl methyl sites for hydroxylation is 1. The first-order chi connectivity index (χ1) is 17.0. The van der Waals surface area contributed by atoms with Crippen molar-refractivity contribution < 1.29 is 14.0 Å².